The zero-order valence-corrected chi connectivity index (χ0v) is 9.39. The number of halogens is 1. The average Bonchev–Trinajstić information content (AvgIpc) is 2.61. The van der Waals surface area contributed by atoms with E-state index in [1.165, 1.54) is 0 Å². The molecule has 2 aromatic rings. The summed E-state index contributed by atoms with van der Waals surface area (Å²) >= 11 is 5.06. The van der Waals surface area contributed by atoms with E-state index in [1.807, 2.05) is 25.2 Å². The minimum atomic E-state index is 0.680. The molecule has 2 heterocycles. The van der Waals surface area contributed by atoms with Gasteiger partial charge in [-0.25, -0.2) is 0 Å². The molecule has 0 saturated carbocycles. The summed E-state index contributed by atoms with van der Waals surface area (Å²) in [5.74, 6) is 0.680. The molecule has 2 N–H and O–H groups in total. The molecular weight excluding hydrogens is 250 g/mol. The van der Waals surface area contributed by atoms with Crippen LogP contribution in [0.25, 0.3) is 10.6 Å². The van der Waals surface area contributed by atoms with E-state index in [2.05, 4.69) is 21.0 Å². The summed E-state index contributed by atoms with van der Waals surface area (Å²) in [5, 5.41) is 4.28. The largest absolute Gasteiger partial charge is 0.384 e. The van der Waals surface area contributed by atoms with Gasteiger partial charge in [-0.1, -0.05) is 0 Å². The lowest BCUT2D eigenvalue weighted by Crippen LogP contribution is -1.96. The van der Waals surface area contributed by atoms with E-state index in [9.17, 15) is 0 Å². The molecule has 0 unspecified atom stereocenters. The van der Waals surface area contributed by atoms with Crippen LogP contribution in [0.2, 0.25) is 0 Å². The van der Waals surface area contributed by atoms with Crippen LogP contribution in [-0.2, 0) is 7.05 Å². The first-order chi connectivity index (χ1) is 6.16. The molecule has 2 aromatic heterocycles. The summed E-state index contributed by atoms with van der Waals surface area (Å²) in [5.41, 5.74) is 6.60. The van der Waals surface area contributed by atoms with Crippen molar-refractivity contribution in [3.05, 3.63) is 22.0 Å². The maximum Gasteiger partial charge on any atom is 0.121 e. The molecule has 0 aliphatic carbocycles. The van der Waals surface area contributed by atoms with Gasteiger partial charge in [0.05, 0.1) is 8.66 Å². The van der Waals surface area contributed by atoms with Gasteiger partial charge in [-0.05, 0) is 28.1 Å². The van der Waals surface area contributed by atoms with Crippen molar-refractivity contribution in [1.29, 1.82) is 0 Å². The minimum absolute atomic E-state index is 0.680. The van der Waals surface area contributed by atoms with Crippen LogP contribution in [0.1, 0.15) is 0 Å². The van der Waals surface area contributed by atoms with Crippen molar-refractivity contribution in [3.63, 3.8) is 0 Å². The fourth-order valence-corrected chi connectivity index (χ4v) is 2.40. The Bertz CT molecular complexity index is 413. The molecule has 0 bridgehead atoms. The van der Waals surface area contributed by atoms with E-state index in [4.69, 9.17) is 5.73 Å². The highest BCUT2D eigenvalue weighted by Gasteiger charge is 2.06. The van der Waals surface area contributed by atoms with Gasteiger partial charge in [0.1, 0.15) is 11.5 Å². The van der Waals surface area contributed by atoms with Gasteiger partial charge in [0.25, 0.3) is 0 Å². The van der Waals surface area contributed by atoms with Gasteiger partial charge in [-0.15, -0.1) is 11.3 Å². The van der Waals surface area contributed by atoms with E-state index in [1.54, 1.807) is 16.0 Å². The molecule has 5 heteroatoms. The Morgan fingerprint density at radius 2 is 2.31 bits per heavy atom. The number of aryl methyl sites for hydroxylation is 1. The Morgan fingerprint density at radius 1 is 1.54 bits per heavy atom. The second-order valence-electron chi connectivity index (χ2n) is 2.68. The molecular formula is C8H8BrN3S. The summed E-state index contributed by atoms with van der Waals surface area (Å²) in [6.45, 7) is 0. The van der Waals surface area contributed by atoms with E-state index >= 15 is 0 Å². The molecule has 0 amide bonds. The van der Waals surface area contributed by atoms with Crippen LogP contribution in [0, 0.1) is 0 Å². The zero-order valence-electron chi connectivity index (χ0n) is 6.99. The fourth-order valence-electron chi connectivity index (χ4n) is 1.05. The Morgan fingerprint density at radius 3 is 2.77 bits per heavy atom. The van der Waals surface area contributed by atoms with Gasteiger partial charge in [-0.2, -0.15) is 5.10 Å². The molecule has 13 heavy (non-hydrogen) atoms. The Kier molecular flexibility index (Phi) is 2.13. The Hall–Kier alpha value is -0.810. The standard InChI is InChI=1S/C8H8BrN3S/c1-12-8(10)4-5(11-12)6-2-3-7(9)13-6/h2-4H,10H2,1H3. The Labute approximate surface area is 88.3 Å². The summed E-state index contributed by atoms with van der Waals surface area (Å²) in [6.07, 6.45) is 0. The number of rotatable bonds is 1. The number of thiophene rings is 1. The molecule has 0 aromatic carbocycles. The van der Waals surface area contributed by atoms with Crippen LogP contribution in [0.4, 0.5) is 5.82 Å². The molecule has 0 saturated heterocycles. The first-order valence-corrected chi connectivity index (χ1v) is 5.33. The highest BCUT2D eigenvalue weighted by Crippen LogP contribution is 2.30. The number of anilines is 1. The van der Waals surface area contributed by atoms with Gasteiger partial charge in [0.2, 0.25) is 0 Å². The molecule has 0 radical (unpaired) electrons. The first-order valence-electron chi connectivity index (χ1n) is 3.72. The van der Waals surface area contributed by atoms with Crippen molar-refractivity contribution in [3.8, 4) is 10.6 Å². The number of hydrogen-bond donors (Lipinski definition) is 1. The van der Waals surface area contributed by atoms with Gasteiger partial charge >= 0.3 is 0 Å². The third-order valence-corrected chi connectivity index (χ3v) is 3.39. The third-order valence-electron chi connectivity index (χ3n) is 1.74. The fraction of sp³-hybridized carbons (Fsp3) is 0.125. The lowest BCUT2D eigenvalue weighted by molar-refractivity contribution is 0.783. The van der Waals surface area contributed by atoms with Crippen LogP contribution < -0.4 is 5.73 Å². The van der Waals surface area contributed by atoms with Crippen molar-refractivity contribution in [2.45, 2.75) is 0 Å². The number of aromatic nitrogens is 2. The smallest absolute Gasteiger partial charge is 0.121 e. The minimum Gasteiger partial charge on any atom is -0.384 e. The van der Waals surface area contributed by atoms with E-state index in [0.29, 0.717) is 5.82 Å². The van der Waals surface area contributed by atoms with Crippen LogP contribution >= 0.6 is 27.3 Å². The Balaban J connectivity index is 2.46. The SMILES string of the molecule is Cn1nc(-c2ccc(Br)s2)cc1N. The lowest BCUT2D eigenvalue weighted by Gasteiger charge is -1.89. The van der Waals surface area contributed by atoms with Crippen molar-refractivity contribution in [2.24, 2.45) is 7.05 Å². The quantitative estimate of drug-likeness (QED) is 0.854. The maximum atomic E-state index is 5.68. The van der Waals surface area contributed by atoms with Gasteiger partial charge < -0.3 is 5.73 Å². The molecule has 0 atom stereocenters. The monoisotopic (exact) mass is 257 g/mol. The van der Waals surface area contributed by atoms with Crippen LogP contribution in [0.15, 0.2) is 22.0 Å². The molecule has 0 spiro atoms. The van der Waals surface area contributed by atoms with E-state index in [-0.39, 0.29) is 0 Å². The number of nitrogens with two attached hydrogens (primary N) is 1. The normalized spacial score (nSPS) is 10.6. The summed E-state index contributed by atoms with van der Waals surface area (Å²) in [6, 6.07) is 5.90. The lowest BCUT2D eigenvalue weighted by atomic mass is 10.3. The van der Waals surface area contributed by atoms with Crippen molar-refractivity contribution >= 4 is 33.1 Å². The summed E-state index contributed by atoms with van der Waals surface area (Å²) in [4.78, 5) is 1.12. The molecule has 0 aliphatic rings. The number of hydrogen-bond acceptors (Lipinski definition) is 3. The second kappa shape index (κ2) is 3.16. The summed E-state index contributed by atoms with van der Waals surface area (Å²) in [7, 11) is 1.83. The van der Waals surface area contributed by atoms with Crippen molar-refractivity contribution in [1.82, 2.24) is 9.78 Å². The molecule has 0 aliphatic heterocycles. The van der Waals surface area contributed by atoms with Gasteiger partial charge in [-0.3, -0.25) is 4.68 Å². The van der Waals surface area contributed by atoms with E-state index in [0.717, 1.165) is 14.4 Å². The predicted molar refractivity (Wildman–Crippen MR) is 58.6 cm³/mol. The van der Waals surface area contributed by atoms with Crippen LogP contribution in [0.3, 0.4) is 0 Å². The van der Waals surface area contributed by atoms with Gasteiger partial charge in [0, 0.05) is 13.1 Å². The average molecular weight is 258 g/mol. The maximum absolute atomic E-state index is 5.68. The number of nitrogens with zero attached hydrogens (tertiary/aromatic N) is 2. The van der Waals surface area contributed by atoms with Crippen LogP contribution in [-0.4, -0.2) is 9.78 Å². The topological polar surface area (TPSA) is 43.8 Å². The molecule has 3 nitrogen and oxygen atoms in total. The predicted octanol–water partition coefficient (Wildman–Crippen LogP) is 2.49. The third kappa shape index (κ3) is 1.62. The van der Waals surface area contributed by atoms with Crippen LogP contribution in [0.5, 0.6) is 0 Å². The molecule has 2 rings (SSSR count). The molecule has 68 valence electrons. The van der Waals surface area contributed by atoms with Crippen molar-refractivity contribution < 1.29 is 0 Å². The van der Waals surface area contributed by atoms with Gasteiger partial charge in [0.15, 0.2) is 0 Å². The highest BCUT2D eigenvalue weighted by atomic mass is 79.9. The second-order valence-corrected chi connectivity index (χ2v) is 5.14. The van der Waals surface area contributed by atoms with Crippen molar-refractivity contribution in [2.75, 3.05) is 5.73 Å². The van der Waals surface area contributed by atoms with E-state index < -0.39 is 0 Å². The molecule has 0 fully saturated rings. The first kappa shape index (κ1) is 8.77. The zero-order chi connectivity index (χ0) is 9.42. The highest BCUT2D eigenvalue weighted by molar-refractivity contribution is 9.11. The summed E-state index contributed by atoms with van der Waals surface area (Å²) < 4.78 is 2.77. The number of nitrogen functional groups attached to an aromatic ring is 1.